The Morgan fingerprint density at radius 3 is 2.11 bits per heavy atom. The molecule has 0 spiro atoms. The number of amides is 3. The molecule has 3 aromatic rings. The van der Waals surface area contributed by atoms with Gasteiger partial charge in [0.15, 0.2) is 5.54 Å². The standard InChI is InChI=1S/C22H19N3O3/c1-28-19-16(9-8-14-23-19)15-25-20(26)22(24-21(25)27,17-10-4-2-5-11-17)18-12-6-3-7-13-18/h2-14H,15H2,1H3,(H,24,27). The number of nitrogens with zero attached hydrogens (tertiary/aromatic N) is 2. The first-order valence-electron chi connectivity index (χ1n) is 8.90. The predicted octanol–water partition coefficient (Wildman–Crippen LogP) is 3.09. The van der Waals surface area contributed by atoms with Crippen LogP contribution >= 0.6 is 0 Å². The Balaban J connectivity index is 1.79. The van der Waals surface area contributed by atoms with Gasteiger partial charge < -0.3 is 10.1 Å². The van der Waals surface area contributed by atoms with Gasteiger partial charge in [-0.2, -0.15) is 0 Å². The molecule has 2 heterocycles. The second-order valence-corrected chi connectivity index (χ2v) is 6.48. The highest BCUT2D eigenvalue weighted by Gasteiger charge is 2.53. The number of nitrogens with one attached hydrogen (secondary N) is 1. The van der Waals surface area contributed by atoms with Gasteiger partial charge in [0.1, 0.15) is 0 Å². The van der Waals surface area contributed by atoms with Crippen LogP contribution in [0.25, 0.3) is 0 Å². The van der Waals surface area contributed by atoms with Crippen LogP contribution in [0.1, 0.15) is 16.7 Å². The number of urea groups is 1. The first-order valence-corrected chi connectivity index (χ1v) is 8.90. The molecule has 0 unspecified atom stereocenters. The third-order valence-electron chi connectivity index (χ3n) is 4.89. The number of imide groups is 1. The van der Waals surface area contributed by atoms with E-state index in [9.17, 15) is 9.59 Å². The van der Waals surface area contributed by atoms with Crippen molar-refractivity contribution < 1.29 is 14.3 Å². The van der Waals surface area contributed by atoms with Crippen molar-refractivity contribution in [3.8, 4) is 5.88 Å². The first kappa shape index (κ1) is 17.7. The van der Waals surface area contributed by atoms with Crippen LogP contribution in [0.15, 0.2) is 79.0 Å². The lowest BCUT2D eigenvalue weighted by molar-refractivity contribution is -0.130. The quantitative estimate of drug-likeness (QED) is 0.698. The van der Waals surface area contributed by atoms with Crippen LogP contribution in [-0.2, 0) is 16.9 Å². The summed E-state index contributed by atoms with van der Waals surface area (Å²) in [4.78, 5) is 31.9. The Bertz CT molecular complexity index is 966. The van der Waals surface area contributed by atoms with Crippen LogP contribution in [0.2, 0.25) is 0 Å². The molecule has 1 aromatic heterocycles. The summed E-state index contributed by atoms with van der Waals surface area (Å²) in [7, 11) is 1.51. The molecule has 6 nitrogen and oxygen atoms in total. The zero-order valence-electron chi connectivity index (χ0n) is 15.3. The van der Waals surface area contributed by atoms with E-state index in [2.05, 4.69) is 10.3 Å². The number of benzene rings is 2. The molecule has 3 amide bonds. The van der Waals surface area contributed by atoms with E-state index < -0.39 is 11.6 Å². The van der Waals surface area contributed by atoms with Gasteiger partial charge in [0, 0.05) is 11.8 Å². The van der Waals surface area contributed by atoms with E-state index in [-0.39, 0.29) is 12.5 Å². The molecule has 140 valence electrons. The second kappa shape index (κ2) is 7.15. The lowest BCUT2D eigenvalue weighted by Gasteiger charge is -2.28. The number of hydrogen-bond acceptors (Lipinski definition) is 4. The number of carbonyl (C=O) groups is 2. The topological polar surface area (TPSA) is 71.5 Å². The fraction of sp³-hybridized carbons (Fsp3) is 0.136. The predicted molar refractivity (Wildman–Crippen MR) is 104 cm³/mol. The van der Waals surface area contributed by atoms with Crippen molar-refractivity contribution in [3.63, 3.8) is 0 Å². The maximum Gasteiger partial charge on any atom is 0.325 e. The summed E-state index contributed by atoms with van der Waals surface area (Å²) in [5, 5.41) is 2.93. The number of carbonyl (C=O) groups excluding carboxylic acids is 2. The monoisotopic (exact) mass is 373 g/mol. The fourth-order valence-electron chi connectivity index (χ4n) is 3.55. The van der Waals surface area contributed by atoms with Crippen molar-refractivity contribution in [2.45, 2.75) is 12.1 Å². The second-order valence-electron chi connectivity index (χ2n) is 6.48. The van der Waals surface area contributed by atoms with Gasteiger partial charge in [0.25, 0.3) is 5.91 Å². The van der Waals surface area contributed by atoms with Gasteiger partial charge in [0.2, 0.25) is 5.88 Å². The lowest BCUT2D eigenvalue weighted by Crippen LogP contribution is -2.45. The van der Waals surface area contributed by atoms with Gasteiger partial charge in [-0.25, -0.2) is 9.78 Å². The van der Waals surface area contributed by atoms with Gasteiger partial charge >= 0.3 is 6.03 Å². The fourth-order valence-corrected chi connectivity index (χ4v) is 3.55. The molecule has 0 atom stereocenters. The van der Waals surface area contributed by atoms with Crippen molar-refractivity contribution in [3.05, 3.63) is 95.7 Å². The largest absolute Gasteiger partial charge is 0.481 e. The summed E-state index contributed by atoms with van der Waals surface area (Å²) in [6, 6.07) is 21.6. The highest BCUT2D eigenvalue weighted by Crippen LogP contribution is 2.36. The molecule has 28 heavy (non-hydrogen) atoms. The molecule has 0 bridgehead atoms. The van der Waals surface area contributed by atoms with E-state index in [1.54, 1.807) is 18.3 Å². The average molecular weight is 373 g/mol. The van der Waals surface area contributed by atoms with Crippen molar-refractivity contribution >= 4 is 11.9 Å². The average Bonchev–Trinajstić information content (AvgIpc) is 3.01. The molecule has 1 fully saturated rings. The molecular formula is C22H19N3O3. The maximum atomic E-state index is 13.6. The Labute approximate surface area is 162 Å². The molecule has 1 aliphatic rings. The molecule has 0 saturated carbocycles. The maximum absolute atomic E-state index is 13.6. The molecule has 0 radical (unpaired) electrons. The molecule has 6 heteroatoms. The summed E-state index contributed by atoms with van der Waals surface area (Å²) >= 11 is 0. The van der Waals surface area contributed by atoms with Crippen LogP contribution in [-0.4, -0.2) is 28.9 Å². The lowest BCUT2D eigenvalue weighted by atomic mass is 9.82. The minimum absolute atomic E-state index is 0.0725. The Kier molecular flexibility index (Phi) is 4.53. The van der Waals surface area contributed by atoms with Crippen LogP contribution in [0, 0.1) is 0 Å². The summed E-state index contributed by atoms with van der Waals surface area (Å²) in [5.41, 5.74) is 0.806. The third-order valence-corrected chi connectivity index (χ3v) is 4.89. The number of ether oxygens (including phenoxy) is 1. The number of rotatable bonds is 5. The molecule has 0 aliphatic carbocycles. The number of aromatic nitrogens is 1. The third kappa shape index (κ3) is 2.79. The van der Waals surface area contributed by atoms with E-state index in [4.69, 9.17) is 4.74 Å². The van der Waals surface area contributed by atoms with E-state index in [0.29, 0.717) is 22.6 Å². The van der Waals surface area contributed by atoms with Crippen LogP contribution in [0.3, 0.4) is 0 Å². The molecular weight excluding hydrogens is 354 g/mol. The van der Waals surface area contributed by atoms with Gasteiger partial charge in [-0.3, -0.25) is 9.69 Å². The van der Waals surface area contributed by atoms with E-state index >= 15 is 0 Å². The molecule has 1 aliphatic heterocycles. The molecule has 1 saturated heterocycles. The Morgan fingerprint density at radius 2 is 1.54 bits per heavy atom. The van der Waals surface area contributed by atoms with Crippen LogP contribution in [0.4, 0.5) is 4.79 Å². The summed E-state index contributed by atoms with van der Waals surface area (Å²) in [6.45, 7) is 0.0725. The molecule has 4 rings (SSSR count). The van der Waals surface area contributed by atoms with Crippen molar-refractivity contribution in [1.82, 2.24) is 15.2 Å². The van der Waals surface area contributed by atoms with Crippen LogP contribution < -0.4 is 10.1 Å². The Morgan fingerprint density at radius 1 is 0.929 bits per heavy atom. The van der Waals surface area contributed by atoms with Gasteiger partial charge in [-0.15, -0.1) is 0 Å². The van der Waals surface area contributed by atoms with E-state index in [1.165, 1.54) is 12.0 Å². The first-order chi connectivity index (χ1) is 13.7. The van der Waals surface area contributed by atoms with Crippen LogP contribution in [0.5, 0.6) is 5.88 Å². The summed E-state index contributed by atoms with van der Waals surface area (Å²) in [6.07, 6.45) is 1.60. The minimum atomic E-state index is -1.27. The highest BCUT2D eigenvalue weighted by atomic mass is 16.5. The SMILES string of the molecule is COc1ncccc1CN1C(=O)NC(c2ccccc2)(c2ccccc2)C1=O. The summed E-state index contributed by atoms with van der Waals surface area (Å²) in [5.74, 6) is 0.0563. The zero-order chi connectivity index (χ0) is 19.6. The highest BCUT2D eigenvalue weighted by molar-refractivity contribution is 6.09. The zero-order valence-corrected chi connectivity index (χ0v) is 15.3. The van der Waals surface area contributed by atoms with Crippen molar-refractivity contribution in [2.24, 2.45) is 0 Å². The number of pyridine rings is 1. The van der Waals surface area contributed by atoms with Gasteiger partial charge in [-0.1, -0.05) is 66.7 Å². The molecule has 1 N–H and O–H groups in total. The van der Waals surface area contributed by atoms with Crippen molar-refractivity contribution in [2.75, 3.05) is 7.11 Å². The Hall–Kier alpha value is -3.67. The minimum Gasteiger partial charge on any atom is -0.481 e. The van der Waals surface area contributed by atoms with Crippen molar-refractivity contribution in [1.29, 1.82) is 0 Å². The van der Waals surface area contributed by atoms with E-state index in [0.717, 1.165) is 0 Å². The molecule has 2 aromatic carbocycles. The summed E-state index contributed by atoms with van der Waals surface area (Å²) < 4.78 is 5.27. The van der Waals surface area contributed by atoms with E-state index in [1.807, 2.05) is 60.7 Å². The number of methoxy groups -OCH3 is 1. The van der Waals surface area contributed by atoms with Gasteiger partial charge in [-0.05, 0) is 17.2 Å². The van der Waals surface area contributed by atoms with Gasteiger partial charge in [0.05, 0.1) is 13.7 Å². The smallest absolute Gasteiger partial charge is 0.325 e. The normalized spacial score (nSPS) is 15.4. The number of hydrogen-bond donors (Lipinski definition) is 1.